The number of nitro benzene ring substituents is 1. The number of nitrogens with zero attached hydrogens (tertiary/aromatic N) is 4. The first-order valence-electron chi connectivity index (χ1n) is 11.8. The van der Waals surface area contributed by atoms with Gasteiger partial charge in [-0.3, -0.25) is 14.9 Å². The second kappa shape index (κ2) is 10.9. The first kappa shape index (κ1) is 24.1. The zero-order chi connectivity index (χ0) is 24.8. The molecule has 1 aromatic heterocycles. The predicted molar refractivity (Wildman–Crippen MR) is 138 cm³/mol. The number of nitro groups is 1. The maximum Gasteiger partial charge on any atom is 0.276 e. The third kappa shape index (κ3) is 6.11. The molecule has 0 bridgehead atoms. The van der Waals surface area contributed by atoms with E-state index < -0.39 is 4.92 Å². The molecule has 1 aliphatic carbocycles. The van der Waals surface area contributed by atoms with Gasteiger partial charge in [0, 0.05) is 44.2 Å². The van der Waals surface area contributed by atoms with E-state index in [4.69, 9.17) is 9.97 Å². The van der Waals surface area contributed by atoms with E-state index in [1.54, 1.807) is 18.2 Å². The van der Waals surface area contributed by atoms with Crippen molar-refractivity contribution in [1.82, 2.24) is 15.3 Å². The topological polar surface area (TPSA) is 113 Å². The molecular weight excluding hydrogens is 444 g/mol. The number of carbonyl (C=O) groups is 1. The standard InChI is InChI=1S/C26H30N6O3/c1-31(2)25-21-8-4-5-9-22(21)29-26(30-25)28-20-14-11-18(12-15-20)17-27-24(33)16-13-19-7-3-6-10-23(19)32(34)35/h3-10,13,16,18,20H,11-12,14-15,17H2,1-2H3,(H,27,33)(H,28,29,30)/b16-13+. The number of benzene rings is 2. The minimum atomic E-state index is -0.450. The number of hydrogen-bond acceptors (Lipinski definition) is 7. The second-order valence-electron chi connectivity index (χ2n) is 9.04. The maximum absolute atomic E-state index is 12.2. The van der Waals surface area contributed by atoms with Gasteiger partial charge in [-0.25, -0.2) is 4.98 Å². The minimum absolute atomic E-state index is 0.0181. The molecule has 0 saturated heterocycles. The van der Waals surface area contributed by atoms with Crippen LogP contribution in [-0.4, -0.2) is 47.5 Å². The molecule has 1 amide bonds. The molecule has 1 fully saturated rings. The van der Waals surface area contributed by atoms with Crippen LogP contribution in [0.5, 0.6) is 0 Å². The third-order valence-electron chi connectivity index (χ3n) is 6.30. The lowest BCUT2D eigenvalue weighted by atomic mass is 9.86. The van der Waals surface area contributed by atoms with E-state index in [1.165, 1.54) is 18.2 Å². The first-order valence-corrected chi connectivity index (χ1v) is 11.8. The van der Waals surface area contributed by atoms with Crippen molar-refractivity contribution in [3.63, 3.8) is 0 Å². The summed E-state index contributed by atoms with van der Waals surface area (Å²) in [5.74, 6) is 1.68. The fourth-order valence-corrected chi connectivity index (χ4v) is 4.42. The smallest absolute Gasteiger partial charge is 0.276 e. The molecule has 2 N–H and O–H groups in total. The lowest BCUT2D eigenvalue weighted by Crippen LogP contribution is -2.33. The number of para-hydroxylation sites is 2. The quantitative estimate of drug-likeness (QED) is 0.282. The summed E-state index contributed by atoms with van der Waals surface area (Å²) in [4.78, 5) is 34.3. The number of fused-ring (bicyclic) bond motifs is 1. The fourth-order valence-electron chi connectivity index (χ4n) is 4.42. The lowest BCUT2D eigenvalue weighted by Gasteiger charge is -2.29. The van der Waals surface area contributed by atoms with Crippen LogP contribution in [0.15, 0.2) is 54.6 Å². The summed E-state index contributed by atoms with van der Waals surface area (Å²) < 4.78 is 0. The first-order chi connectivity index (χ1) is 16.9. The highest BCUT2D eigenvalue weighted by atomic mass is 16.6. The predicted octanol–water partition coefficient (Wildman–Crippen LogP) is 4.40. The Morgan fingerprint density at radius 3 is 2.54 bits per heavy atom. The van der Waals surface area contributed by atoms with Crippen LogP contribution in [0, 0.1) is 16.0 Å². The van der Waals surface area contributed by atoms with Gasteiger partial charge in [0.1, 0.15) is 5.82 Å². The molecule has 2 aromatic carbocycles. The number of amides is 1. The molecule has 0 atom stereocenters. The van der Waals surface area contributed by atoms with Gasteiger partial charge in [0.25, 0.3) is 5.69 Å². The Bertz CT molecular complexity index is 1230. The Kier molecular flexibility index (Phi) is 7.54. The van der Waals surface area contributed by atoms with E-state index in [9.17, 15) is 14.9 Å². The summed E-state index contributed by atoms with van der Waals surface area (Å²) in [6.07, 6.45) is 6.76. The summed E-state index contributed by atoms with van der Waals surface area (Å²) in [6, 6.07) is 14.7. The van der Waals surface area contributed by atoms with Crippen LogP contribution in [0.2, 0.25) is 0 Å². The van der Waals surface area contributed by atoms with Gasteiger partial charge >= 0.3 is 0 Å². The monoisotopic (exact) mass is 474 g/mol. The van der Waals surface area contributed by atoms with Crippen LogP contribution in [0.1, 0.15) is 31.2 Å². The largest absolute Gasteiger partial charge is 0.362 e. The summed E-state index contributed by atoms with van der Waals surface area (Å²) in [7, 11) is 3.96. The Morgan fingerprint density at radius 2 is 1.80 bits per heavy atom. The van der Waals surface area contributed by atoms with Gasteiger partial charge in [0.05, 0.1) is 16.0 Å². The van der Waals surface area contributed by atoms with Crippen LogP contribution in [-0.2, 0) is 4.79 Å². The second-order valence-corrected chi connectivity index (χ2v) is 9.04. The Labute approximate surface area is 204 Å². The molecule has 1 heterocycles. The highest BCUT2D eigenvalue weighted by Gasteiger charge is 2.22. The Hall–Kier alpha value is -4.01. The lowest BCUT2D eigenvalue weighted by molar-refractivity contribution is -0.385. The molecular formula is C26H30N6O3. The molecule has 3 aromatic rings. The molecule has 4 rings (SSSR count). The molecule has 1 saturated carbocycles. The molecule has 0 unspecified atom stereocenters. The van der Waals surface area contributed by atoms with E-state index in [1.807, 2.05) is 43.3 Å². The average molecular weight is 475 g/mol. The number of aromatic nitrogens is 2. The van der Waals surface area contributed by atoms with Crippen LogP contribution in [0.4, 0.5) is 17.5 Å². The van der Waals surface area contributed by atoms with Crippen molar-refractivity contribution < 1.29 is 9.72 Å². The van der Waals surface area contributed by atoms with Crippen molar-refractivity contribution in [3.05, 3.63) is 70.3 Å². The normalized spacial score (nSPS) is 17.9. The van der Waals surface area contributed by atoms with E-state index >= 15 is 0 Å². The van der Waals surface area contributed by atoms with Crippen molar-refractivity contribution in [3.8, 4) is 0 Å². The minimum Gasteiger partial charge on any atom is -0.362 e. The van der Waals surface area contributed by atoms with Crippen molar-refractivity contribution in [1.29, 1.82) is 0 Å². The number of rotatable bonds is 8. The Morgan fingerprint density at radius 1 is 1.09 bits per heavy atom. The molecule has 9 nitrogen and oxygen atoms in total. The maximum atomic E-state index is 12.2. The van der Waals surface area contributed by atoms with Crippen LogP contribution in [0.25, 0.3) is 17.0 Å². The molecule has 0 spiro atoms. The van der Waals surface area contributed by atoms with E-state index in [0.717, 1.165) is 42.4 Å². The average Bonchev–Trinajstić information content (AvgIpc) is 2.86. The molecule has 35 heavy (non-hydrogen) atoms. The summed E-state index contributed by atoms with van der Waals surface area (Å²) in [5, 5.41) is 18.6. The van der Waals surface area contributed by atoms with Gasteiger partial charge in [-0.15, -0.1) is 0 Å². The molecule has 0 aliphatic heterocycles. The van der Waals surface area contributed by atoms with Gasteiger partial charge < -0.3 is 15.5 Å². The van der Waals surface area contributed by atoms with Gasteiger partial charge in [-0.2, -0.15) is 4.98 Å². The highest BCUT2D eigenvalue weighted by Crippen LogP contribution is 2.28. The van der Waals surface area contributed by atoms with Crippen LogP contribution < -0.4 is 15.5 Å². The van der Waals surface area contributed by atoms with Gasteiger partial charge in [0.15, 0.2) is 0 Å². The number of nitrogens with one attached hydrogen (secondary N) is 2. The fraction of sp³-hybridized carbons (Fsp3) is 0.346. The number of carbonyl (C=O) groups excluding carboxylic acids is 1. The SMILES string of the molecule is CN(C)c1nc(NC2CCC(CNC(=O)/C=C/c3ccccc3[N+](=O)[O-])CC2)nc2ccccc12. The van der Waals surface area contributed by atoms with Gasteiger partial charge in [-0.1, -0.05) is 24.3 Å². The molecule has 1 aliphatic rings. The van der Waals surface area contributed by atoms with E-state index in [-0.39, 0.29) is 17.6 Å². The van der Waals surface area contributed by atoms with Crippen molar-refractivity contribution in [2.45, 2.75) is 31.7 Å². The summed E-state index contributed by atoms with van der Waals surface area (Å²) >= 11 is 0. The van der Waals surface area contributed by atoms with Crippen molar-refractivity contribution in [2.75, 3.05) is 30.9 Å². The van der Waals surface area contributed by atoms with E-state index in [0.29, 0.717) is 24.0 Å². The highest BCUT2D eigenvalue weighted by molar-refractivity contribution is 5.92. The third-order valence-corrected chi connectivity index (χ3v) is 6.30. The zero-order valence-corrected chi connectivity index (χ0v) is 20.0. The Balaban J connectivity index is 1.27. The summed E-state index contributed by atoms with van der Waals surface area (Å²) in [5.41, 5.74) is 1.31. The molecule has 9 heteroatoms. The van der Waals surface area contributed by atoms with Crippen LogP contribution >= 0.6 is 0 Å². The van der Waals surface area contributed by atoms with E-state index in [2.05, 4.69) is 10.6 Å². The molecule has 182 valence electrons. The zero-order valence-electron chi connectivity index (χ0n) is 20.0. The number of hydrogen-bond donors (Lipinski definition) is 2. The van der Waals surface area contributed by atoms with Crippen molar-refractivity contribution >= 4 is 40.3 Å². The van der Waals surface area contributed by atoms with Crippen LogP contribution in [0.3, 0.4) is 0 Å². The number of anilines is 2. The summed E-state index contributed by atoms with van der Waals surface area (Å²) in [6.45, 7) is 0.587. The van der Waals surface area contributed by atoms with Gasteiger partial charge in [0.2, 0.25) is 11.9 Å². The molecule has 0 radical (unpaired) electrons. The van der Waals surface area contributed by atoms with Crippen molar-refractivity contribution in [2.24, 2.45) is 5.92 Å². The van der Waals surface area contributed by atoms with Gasteiger partial charge in [-0.05, 0) is 55.9 Å².